The van der Waals surface area contributed by atoms with Gasteiger partial charge >= 0.3 is 0 Å². The summed E-state index contributed by atoms with van der Waals surface area (Å²) in [5.74, 6) is 2.13. The van der Waals surface area contributed by atoms with Gasteiger partial charge in [-0.2, -0.15) is 11.8 Å². The van der Waals surface area contributed by atoms with Crippen LogP contribution in [0.1, 0.15) is 39.0 Å². The number of hydrogen-bond acceptors (Lipinski definition) is 3. The van der Waals surface area contributed by atoms with Crippen LogP contribution in [0.15, 0.2) is 0 Å². The molecule has 0 aromatic rings. The van der Waals surface area contributed by atoms with E-state index in [0.717, 1.165) is 37.2 Å². The first-order valence-electron chi connectivity index (χ1n) is 5.25. The average molecular weight is 203 g/mol. The minimum atomic E-state index is -0.555. The number of aliphatic hydroxyl groups is 1. The predicted molar refractivity (Wildman–Crippen MR) is 59.0 cm³/mol. The van der Waals surface area contributed by atoms with Crippen LogP contribution in [0, 0.1) is 0 Å². The molecular formula is C10H21NOS. The fourth-order valence-corrected chi connectivity index (χ4v) is 2.99. The molecule has 78 valence electrons. The Morgan fingerprint density at radius 2 is 2.08 bits per heavy atom. The summed E-state index contributed by atoms with van der Waals surface area (Å²) in [4.78, 5) is 0. The standard InChI is InChI=1S/C10H21NOS/c1-2-3-4-9(11)10(12)5-7-13-8-6-10/h9,12H,2-8,11H2,1H3. The highest BCUT2D eigenvalue weighted by Gasteiger charge is 2.35. The summed E-state index contributed by atoms with van der Waals surface area (Å²) in [6.45, 7) is 2.16. The van der Waals surface area contributed by atoms with Gasteiger partial charge in [-0.05, 0) is 30.8 Å². The summed E-state index contributed by atoms with van der Waals surface area (Å²) in [6, 6.07) is -0.00616. The van der Waals surface area contributed by atoms with Crippen LogP contribution < -0.4 is 5.73 Å². The van der Waals surface area contributed by atoms with E-state index in [1.165, 1.54) is 6.42 Å². The topological polar surface area (TPSA) is 46.2 Å². The largest absolute Gasteiger partial charge is 0.388 e. The highest BCUT2D eigenvalue weighted by molar-refractivity contribution is 7.99. The maximum Gasteiger partial charge on any atom is 0.0813 e. The van der Waals surface area contributed by atoms with Crippen molar-refractivity contribution in [3.05, 3.63) is 0 Å². The second-order valence-corrected chi connectivity index (χ2v) is 5.19. The van der Waals surface area contributed by atoms with Gasteiger partial charge in [-0.25, -0.2) is 0 Å². The summed E-state index contributed by atoms with van der Waals surface area (Å²) in [7, 11) is 0. The summed E-state index contributed by atoms with van der Waals surface area (Å²) >= 11 is 1.92. The van der Waals surface area contributed by atoms with Gasteiger partial charge in [0.25, 0.3) is 0 Å². The highest BCUT2D eigenvalue weighted by Crippen LogP contribution is 2.30. The normalized spacial score (nSPS) is 24.2. The Labute approximate surface area is 85.3 Å². The molecular weight excluding hydrogens is 182 g/mol. The van der Waals surface area contributed by atoms with Crippen LogP contribution in [0.25, 0.3) is 0 Å². The lowest BCUT2D eigenvalue weighted by atomic mass is 9.86. The lowest BCUT2D eigenvalue weighted by Gasteiger charge is -2.37. The molecule has 1 saturated heterocycles. The number of hydrogen-bond donors (Lipinski definition) is 2. The van der Waals surface area contributed by atoms with E-state index in [9.17, 15) is 5.11 Å². The zero-order chi connectivity index (χ0) is 9.73. The van der Waals surface area contributed by atoms with E-state index >= 15 is 0 Å². The predicted octanol–water partition coefficient (Wildman–Crippen LogP) is 1.76. The van der Waals surface area contributed by atoms with E-state index in [0.29, 0.717) is 0 Å². The van der Waals surface area contributed by atoms with E-state index in [2.05, 4.69) is 6.92 Å². The van der Waals surface area contributed by atoms with E-state index in [-0.39, 0.29) is 6.04 Å². The molecule has 0 radical (unpaired) electrons. The highest BCUT2D eigenvalue weighted by atomic mass is 32.2. The van der Waals surface area contributed by atoms with E-state index < -0.39 is 5.60 Å². The van der Waals surface area contributed by atoms with Crippen LogP contribution >= 0.6 is 11.8 Å². The van der Waals surface area contributed by atoms with Gasteiger partial charge < -0.3 is 10.8 Å². The van der Waals surface area contributed by atoms with Crippen molar-refractivity contribution in [2.45, 2.75) is 50.7 Å². The van der Waals surface area contributed by atoms with Gasteiger partial charge in [0.1, 0.15) is 0 Å². The van der Waals surface area contributed by atoms with Gasteiger partial charge in [-0.3, -0.25) is 0 Å². The van der Waals surface area contributed by atoms with Crippen molar-refractivity contribution < 1.29 is 5.11 Å². The lowest BCUT2D eigenvalue weighted by Crippen LogP contribution is -2.50. The molecule has 1 fully saturated rings. The zero-order valence-corrected chi connectivity index (χ0v) is 9.28. The summed E-state index contributed by atoms with van der Waals surface area (Å²) < 4.78 is 0. The van der Waals surface area contributed by atoms with E-state index in [4.69, 9.17) is 5.73 Å². The lowest BCUT2D eigenvalue weighted by molar-refractivity contribution is 0.00318. The van der Waals surface area contributed by atoms with Crippen LogP contribution in [0.3, 0.4) is 0 Å². The van der Waals surface area contributed by atoms with Gasteiger partial charge in [-0.1, -0.05) is 19.8 Å². The minimum Gasteiger partial charge on any atom is -0.388 e. The molecule has 0 amide bonds. The first-order valence-corrected chi connectivity index (χ1v) is 6.40. The maximum atomic E-state index is 10.2. The molecule has 1 atom stereocenters. The quantitative estimate of drug-likeness (QED) is 0.732. The van der Waals surface area contributed by atoms with Crippen molar-refractivity contribution in [1.29, 1.82) is 0 Å². The molecule has 0 aromatic carbocycles. The van der Waals surface area contributed by atoms with Gasteiger partial charge in [0.05, 0.1) is 5.60 Å². The fraction of sp³-hybridized carbons (Fsp3) is 1.00. The van der Waals surface area contributed by atoms with Crippen molar-refractivity contribution in [1.82, 2.24) is 0 Å². The van der Waals surface area contributed by atoms with Crippen LogP contribution in [-0.4, -0.2) is 28.3 Å². The van der Waals surface area contributed by atoms with Crippen molar-refractivity contribution >= 4 is 11.8 Å². The molecule has 0 aromatic heterocycles. The maximum absolute atomic E-state index is 10.2. The first kappa shape index (κ1) is 11.3. The number of unbranched alkanes of at least 4 members (excludes halogenated alkanes) is 1. The number of thioether (sulfide) groups is 1. The van der Waals surface area contributed by atoms with Crippen molar-refractivity contribution in [2.24, 2.45) is 5.73 Å². The van der Waals surface area contributed by atoms with E-state index in [1.807, 2.05) is 11.8 Å². The summed E-state index contributed by atoms with van der Waals surface area (Å²) in [5.41, 5.74) is 5.45. The van der Waals surface area contributed by atoms with Gasteiger partial charge in [0.15, 0.2) is 0 Å². The third kappa shape index (κ3) is 3.15. The first-order chi connectivity index (χ1) is 6.19. The average Bonchev–Trinajstić information content (AvgIpc) is 2.15. The Morgan fingerprint density at radius 3 is 2.62 bits per heavy atom. The Morgan fingerprint density at radius 1 is 1.46 bits per heavy atom. The van der Waals surface area contributed by atoms with Crippen LogP contribution in [-0.2, 0) is 0 Å². The third-order valence-electron chi connectivity index (χ3n) is 2.92. The minimum absolute atomic E-state index is 0.00616. The Hall–Kier alpha value is 0.270. The van der Waals surface area contributed by atoms with Gasteiger partial charge in [-0.15, -0.1) is 0 Å². The second kappa shape index (κ2) is 5.23. The molecule has 0 spiro atoms. The smallest absolute Gasteiger partial charge is 0.0813 e. The van der Waals surface area contributed by atoms with Crippen molar-refractivity contribution in [3.63, 3.8) is 0 Å². The van der Waals surface area contributed by atoms with Crippen molar-refractivity contribution in [2.75, 3.05) is 11.5 Å². The molecule has 1 aliphatic heterocycles. The van der Waals surface area contributed by atoms with Gasteiger partial charge in [0.2, 0.25) is 0 Å². The van der Waals surface area contributed by atoms with Crippen LogP contribution in [0.5, 0.6) is 0 Å². The van der Waals surface area contributed by atoms with Gasteiger partial charge in [0, 0.05) is 6.04 Å². The Balaban J connectivity index is 2.37. The van der Waals surface area contributed by atoms with E-state index in [1.54, 1.807) is 0 Å². The number of nitrogens with two attached hydrogens (primary N) is 1. The molecule has 2 nitrogen and oxygen atoms in total. The Bertz CT molecular complexity index is 146. The molecule has 1 rings (SSSR count). The summed E-state index contributed by atoms with van der Waals surface area (Å²) in [6.07, 6.45) is 5.03. The molecule has 1 unspecified atom stereocenters. The summed E-state index contributed by atoms with van der Waals surface area (Å²) in [5, 5.41) is 10.2. The van der Waals surface area contributed by atoms with Crippen LogP contribution in [0.4, 0.5) is 0 Å². The third-order valence-corrected chi connectivity index (χ3v) is 3.90. The monoisotopic (exact) mass is 203 g/mol. The number of rotatable bonds is 4. The van der Waals surface area contributed by atoms with Crippen LogP contribution in [0.2, 0.25) is 0 Å². The molecule has 0 saturated carbocycles. The molecule has 1 heterocycles. The molecule has 3 N–H and O–H groups in total. The molecule has 0 bridgehead atoms. The molecule has 0 aliphatic carbocycles. The fourth-order valence-electron chi connectivity index (χ4n) is 1.79. The SMILES string of the molecule is CCCCC(N)C1(O)CCSCC1. The van der Waals surface area contributed by atoms with Crippen molar-refractivity contribution in [3.8, 4) is 0 Å². The molecule has 13 heavy (non-hydrogen) atoms. The molecule has 1 aliphatic rings. The molecule has 3 heteroatoms. The Kier molecular flexibility index (Phi) is 4.56. The second-order valence-electron chi connectivity index (χ2n) is 3.96. The zero-order valence-electron chi connectivity index (χ0n) is 8.46.